The van der Waals surface area contributed by atoms with Crippen LogP contribution < -0.4 is 9.47 Å². The average Bonchev–Trinajstić information content (AvgIpc) is 3.41. The van der Waals surface area contributed by atoms with Gasteiger partial charge in [-0.2, -0.15) is 0 Å². The number of nitrogens with zero attached hydrogens (tertiary/aromatic N) is 2. The molecular formula is C23H20N2O6. The largest absolute Gasteiger partial charge is 0.506 e. The number of rotatable bonds is 6. The Morgan fingerprint density at radius 2 is 1.84 bits per heavy atom. The molecule has 3 heterocycles. The number of ketones is 1. The Morgan fingerprint density at radius 1 is 1.10 bits per heavy atom. The maximum absolute atomic E-state index is 13.1. The molecule has 1 N–H and O–H groups in total. The number of amides is 1. The van der Waals surface area contributed by atoms with E-state index in [0.29, 0.717) is 22.8 Å². The molecule has 8 nitrogen and oxygen atoms in total. The van der Waals surface area contributed by atoms with E-state index in [1.807, 2.05) is 0 Å². The van der Waals surface area contributed by atoms with Crippen LogP contribution in [0.5, 0.6) is 11.5 Å². The number of aromatic nitrogens is 1. The first kappa shape index (κ1) is 20.2. The second kappa shape index (κ2) is 8.35. The molecule has 1 fully saturated rings. The molecule has 4 rings (SSSR count). The molecule has 8 heteroatoms. The lowest BCUT2D eigenvalue weighted by atomic mass is 9.95. The topological polar surface area (TPSA) is 102 Å². The van der Waals surface area contributed by atoms with Gasteiger partial charge in [-0.05, 0) is 35.9 Å². The number of likely N-dealkylation sites (tertiary alicyclic amines) is 1. The van der Waals surface area contributed by atoms with E-state index in [4.69, 9.17) is 13.9 Å². The minimum atomic E-state index is -0.867. The zero-order chi connectivity index (χ0) is 22.0. The molecule has 1 amide bonds. The summed E-state index contributed by atoms with van der Waals surface area (Å²) >= 11 is 0. The average molecular weight is 420 g/mol. The minimum Gasteiger partial charge on any atom is -0.506 e. The molecule has 1 aliphatic rings. The van der Waals surface area contributed by atoms with Crippen molar-refractivity contribution in [3.05, 3.63) is 83.6 Å². The molecular weight excluding hydrogens is 400 g/mol. The van der Waals surface area contributed by atoms with Crippen molar-refractivity contribution in [2.24, 2.45) is 0 Å². The highest BCUT2D eigenvalue weighted by molar-refractivity contribution is 6.46. The molecule has 0 aliphatic carbocycles. The maximum atomic E-state index is 13.1. The Hall–Kier alpha value is -4.07. The van der Waals surface area contributed by atoms with Crippen molar-refractivity contribution in [2.75, 3.05) is 14.2 Å². The van der Waals surface area contributed by atoms with Crippen molar-refractivity contribution < 1.29 is 28.6 Å². The molecule has 1 unspecified atom stereocenters. The van der Waals surface area contributed by atoms with Crippen LogP contribution in [0.25, 0.3) is 5.76 Å². The summed E-state index contributed by atoms with van der Waals surface area (Å²) in [5.74, 6) is -0.835. The lowest BCUT2D eigenvalue weighted by Gasteiger charge is -2.24. The van der Waals surface area contributed by atoms with Crippen LogP contribution in [0, 0.1) is 0 Å². The van der Waals surface area contributed by atoms with Gasteiger partial charge in [-0.25, -0.2) is 0 Å². The number of Topliss-reactive ketones (excluding diaryl/α,β-unsaturated/α-hetero) is 1. The molecule has 0 spiro atoms. The highest BCUT2D eigenvalue weighted by Crippen LogP contribution is 2.43. The zero-order valence-electron chi connectivity index (χ0n) is 16.9. The molecule has 1 saturated heterocycles. The van der Waals surface area contributed by atoms with E-state index in [1.165, 1.54) is 25.4 Å². The number of benzene rings is 1. The molecule has 1 aromatic carbocycles. The molecule has 31 heavy (non-hydrogen) atoms. The summed E-state index contributed by atoms with van der Waals surface area (Å²) in [5, 5.41) is 11.3. The summed E-state index contributed by atoms with van der Waals surface area (Å²) in [7, 11) is 2.89. The first-order valence-corrected chi connectivity index (χ1v) is 9.49. The van der Waals surface area contributed by atoms with E-state index in [2.05, 4.69) is 4.98 Å². The van der Waals surface area contributed by atoms with Crippen LogP contribution >= 0.6 is 0 Å². The van der Waals surface area contributed by atoms with Crippen LogP contribution in [0.4, 0.5) is 0 Å². The van der Waals surface area contributed by atoms with Crippen molar-refractivity contribution in [3.8, 4) is 11.5 Å². The van der Waals surface area contributed by atoms with Gasteiger partial charge < -0.3 is 23.9 Å². The lowest BCUT2D eigenvalue weighted by molar-refractivity contribution is -0.140. The van der Waals surface area contributed by atoms with E-state index in [-0.39, 0.29) is 23.4 Å². The Balaban J connectivity index is 1.93. The fourth-order valence-corrected chi connectivity index (χ4v) is 3.72. The number of furan rings is 1. The first-order valence-electron chi connectivity index (χ1n) is 9.49. The molecule has 0 bridgehead atoms. The van der Waals surface area contributed by atoms with E-state index >= 15 is 0 Å². The predicted octanol–water partition coefficient (Wildman–Crippen LogP) is 3.31. The Labute approximate surface area is 178 Å². The minimum absolute atomic E-state index is 0.0526. The SMILES string of the molecule is COc1cccc(OC)c1/C(O)=C1\C(=O)C(=O)N(Cc2ccco2)C1c1cccnc1. The Morgan fingerprint density at radius 3 is 2.42 bits per heavy atom. The number of hydrogen-bond acceptors (Lipinski definition) is 7. The third-order valence-corrected chi connectivity index (χ3v) is 5.11. The van der Waals surface area contributed by atoms with Crippen LogP contribution in [-0.4, -0.2) is 40.9 Å². The quantitative estimate of drug-likeness (QED) is 0.371. The van der Waals surface area contributed by atoms with Gasteiger partial charge >= 0.3 is 0 Å². The van der Waals surface area contributed by atoms with Gasteiger partial charge in [0.15, 0.2) is 0 Å². The van der Waals surface area contributed by atoms with Gasteiger partial charge in [-0.3, -0.25) is 14.6 Å². The first-order chi connectivity index (χ1) is 15.1. The number of hydrogen-bond donors (Lipinski definition) is 1. The second-order valence-electron chi connectivity index (χ2n) is 6.83. The number of pyridine rings is 1. The van der Waals surface area contributed by atoms with Gasteiger partial charge in [0.1, 0.15) is 28.6 Å². The fraction of sp³-hybridized carbons (Fsp3) is 0.174. The molecule has 1 aliphatic heterocycles. The highest BCUT2D eigenvalue weighted by Gasteiger charge is 2.47. The summed E-state index contributed by atoms with van der Waals surface area (Å²) in [6, 6.07) is 11.0. The monoisotopic (exact) mass is 420 g/mol. The van der Waals surface area contributed by atoms with E-state index < -0.39 is 17.7 Å². The van der Waals surface area contributed by atoms with Gasteiger partial charge in [-0.15, -0.1) is 0 Å². The van der Waals surface area contributed by atoms with Crippen molar-refractivity contribution in [3.63, 3.8) is 0 Å². The van der Waals surface area contributed by atoms with Crippen LogP contribution in [0.3, 0.4) is 0 Å². The van der Waals surface area contributed by atoms with Gasteiger partial charge in [0.25, 0.3) is 11.7 Å². The van der Waals surface area contributed by atoms with Crippen LogP contribution in [0.15, 0.2) is 71.1 Å². The van der Waals surface area contributed by atoms with Crippen molar-refractivity contribution in [1.82, 2.24) is 9.88 Å². The fourth-order valence-electron chi connectivity index (χ4n) is 3.72. The van der Waals surface area contributed by atoms with Crippen molar-refractivity contribution >= 4 is 17.4 Å². The van der Waals surface area contributed by atoms with Gasteiger partial charge in [-0.1, -0.05) is 12.1 Å². The Kier molecular flexibility index (Phi) is 5.44. The zero-order valence-corrected chi connectivity index (χ0v) is 16.9. The maximum Gasteiger partial charge on any atom is 0.296 e. The molecule has 0 radical (unpaired) electrons. The summed E-state index contributed by atoms with van der Waals surface area (Å²) in [6.45, 7) is 0.0526. The molecule has 158 valence electrons. The number of methoxy groups -OCH3 is 2. The number of ether oxygens (including phenoxy) is 2. The Bertz CT molecular complexity index is 1120. The summed E-state index contributed by atoms with van der Waals surface area (Å²) in [5.41, 5.74) is 0.688. The normalized spacial score (nSPS) is 17.7. The third kappa shape index (κ3) is 3.52. The number of carbonyl (C=O) groups excluding carboxylic acids is 2. The van der Waals surface area contributed by atoms with E-state index in [1.54, 1.807) is 54.9 Å². The molecule has 0 saturated carbocycles. The smallest absolute Gasteiger partial charge is 0.296 e. The van der Waals surface area contributed by atoms with Crippen LogP contribution in [0.2, 0.25) is 0 Å². The highest BCUT2D eigenvalue weighted by atomic mass is 16.5. The molecule has 1 atom stereocenters. The number of aliphatic hydroxyl groups is 1. The van der Waals surface area contributed by atoms with Crippen molar-refractivity contribution in [2.45, 2.75) is 12.6 Å². The molecule has 2 aromatic heterocycles. The second-order valence-corrected chi connectivity index (χ2v) is 6.83. The van der Waals surface area contributed by atoms with Gasteiger partial charge in [0.2, 0.25) is 0 Å². The summed E-state index contributed by atoms with van der Waals surface area (Å²) in [6.07, 6.45) is 4.63. The van der Waals surface area contributed by atoms with Gasteiger partial charge in [0.05, 0.1) is 38.6 Å². The van der Waals surface area contributed by atoms with Crippen LogP contribution in [-0.2, 0) is 16.1 Å². The van der Waals surface area contributed by atoms with Crippen LogP contribution in [0.1, 0.15) is 22.9 Å². The van der Waals surface area contributed by atoms with E-state index in [9.17, 15) is 14.7 Å². The van der Waals surface area contributed by atoms with E-state index in [0.717, 1.165) is 0 Å². The lowest BCUT2D eigenvalue weighted by Crippen LogP contribution is -2.29. The predicted molar refractivity (Wildman–Crippen MR) is 110 cm³/mol. The standard InChI is InChI=1S/C23H20N2O6/c1-29-16-8-3-9-17(30-2)18(16)21(26)19-20(14-6-4-10-24-12-14)25(23(28)22(19)27)13-15-7-5-11-31-15/h3-12,20,26H,13H2,1-2H3/b21-19+. The third-order valence-electron chi connectivity index (χ3n) is 5.11. The summed E-state index contributed by atoms with van der Waals surface area (Å²) < 4.78 is 16.1. The number of carbonyl (C=O) groups is 2. The summed E-state index contributed by atoms with van der Waals surface area (Å²) in [4.78, 5) is 31.5. The number of aliphatic hydroxyl groups excluding tert-OH is 1. The van der Waals surface area contributed by atoms with Crippen molar-refractivity contribution in [1.29, 1.82) is 0 Å². The van der Waals surface area contributed by atoms with Gasteiger partial charge in [0, 0.05) is 12.4 Å². The molecule has 3 aromatic rings.